The zero-order valence-electron chi connectivity index (χ0n) is 11.5. The highest BCUT2D eigenvalue weighted by atomic mass is 15.2. The Balaban J connectivity index is 2.08. The molecule has 0 fully saturated rings. The molecule has 0 aliphatic carbocycles. The fourth-order valence-electron chi connectivity index (χ4n) is 1.95. The van der Waals surface area contributed by atoms with Gasteiger partial charge in [0.15, 0.2) is 0 Å². The molecule has 0 radical (unpaired) electrons. The molecule has 0 saturated carbocycles. The molecule has 2 rings (SSSR count). The standard InChI is InChI=1S/C15H20N4/c1-3-19(12-14-6-4-5-9-17-14)15-8-7-13(10-16-2)11-18-15/h4-9,11,16H,3,10,12H2,1-2H3. The Morgan fingerprint density at radius 2 is 2.05 bits per heavy atom. The van der Waals surface area contributed by atoms with Crippen LogP contribution in [0.1, 0.15) is 18.2 Å². The number of aromatic nitrogens is 2. The SMILES string of the molecule is CCN(Cc1ccccn1)c1ccc(CNC)cn1. The zero-order chi connectivity index (χ0) is 13.5. The van der Waals surface area contributed by atoms with Crippen LogP contribution in [0, 0.1) is 0 Å². The van der Waals surface area contributed by atoms with Gasteiger partial charge in [-0.1, -0.05) is 12.1 Å². The number of hydrogen-bond acceptors (Lipinski definition) is 4. The highest BCUT2D eigenvalue weighted by Crippen LogP contribution is 2.13. The fourth-order valence-corrected chi connectivity index (χ4v) is 1.95. The van der Waals surface area contributed by atoms with Gasteiger partial charge in [0.2, 0.25) is 0 Å². The lowest BCUT2D eigenvalue weighted by Gasteiger charge is -2.21. The van der Waals surface area contributed by atoms with Crippen molar-refractivity contribution in [1.29, 1.82) is 0 Å². The fraction of sp³-hybridized carbons (Fsp3) is 0.333. The van der Waals surface area contributed by atoms with Gasteiger partial charge in [0.25, 0.3) is 0 Å². The molecule has 2 aromatic rings. The lowest BCUT2D eigenvalue weighted by Crippen LogP contribution is -2.23. The topological polar surface area (TPSA) is 41.1 Å². The quantitative estimate of drug-likeness (QED) is 0.860. The largest absolute Gasteiger partial charge is 0.351 e. The summed E-state index contributed by atoms with van der Waals surface area (Å²) < 4.78 is 0. The van der Waals surface area contributed by atoms with Crippen LogP contribution in [0.5, 0.6) is 0 Å². The molecule has 4 nitrogen and oxygen atoms in total. The normalized spacial score (nSPS) is 10.4. The minimum Gasteiger partial charge on any atom is -0.351 e. The maximum absolute atomic E-state index is 4.52. The molecule has 1 N–H and O–H groups in total. The van der Waals surface area contributed by atoms with Crippen molar-refractivity contribution < 1.29 is 0 Å². The van der Waals surface area contributed by atoms with E-state index in [4.69, 9.17) is 0 Å². The molecular weight excluding hydrogens is 236 g/mol. The van der Waals surface area contributed by atoms with Gasteiger partial charge in [0.05, 0.1) is 12.2 Å². The van der Waals surface area contributed by atoms with Crippen molar-refractivity contribution >= 4 is 5.82 Å². The van der Waals surface area contributed by atoms with E-state index in [1.54, 1.807) is 0 Å². The number of nitrogens with one attached hydrogen (secondary N) is 1. The number of rotatable bonds is 6. The van der Waals surface area contributed by atoms with Crippen LogP contribution in [0.4, 0.5) is 5.82 Å². The van der Waals surface area contributed by atoms with Crippen LogP contribution >= 0.6 is 0 Å². The molecule has 4 heteroatoms. The Kier molecular flexibility index (Phi) is 4.86. The van der Waals surface area contributed by atoms with Crippen LogP contribution in [0.2, 0.25) is 0 Å². The second-order valence-corrected chi connectivity index (χ2v) is 4.39. The maximum atomic E-state index is 4.52. The molecule has 2 aromatic heterocycles. The Morgan fingerprint density at radius 3 is 2.63 bits per heavy atom. The maximum Gasteiger partial charge on any atom is 0.128 e. The summed E-state index contributed by atoms with van der Waals surface area (Å²) in [5.41, 5.74) is 2.26. The van der Waals surface area contributed by atoms with E-state index in [0.29, 0.717) is 0 Å². The van der Waals surface area contributed by atoms with Crippen LogP contribution in [-0.2, 0) is 13.1 Å². The average molecular weight is 256 g/mol. The van der Waals surface area contributed by atoms with Gasteiger partial charge in [0.1, 0.15) is 5.82 Å². The van der Waals surface area contributed by atoms with Crippen LogP contribution in [0.25, 0.3) is 0 Å². The molecule has 0 aromatic carbocycles. The molecule has 0 amide bonds. The summed E-state index contributed by atoms with van der Waals surface area (Å²) >= 11 is 0. The Labute approximate surface area is 114 Å². The van der Waals surface area contributed by atoms with Crippen LogP contribution in [0.3, 0.4) is 0 Å². The summed E-state index contributed by atoms with van der Waals surface area (Å²) in [6.45, 7) is 4.68. The third kappa shape index (κ3) is 3.76. The molecular formula is C15H20N4. The van der Waals surface area contributed by atoms with Crippen molar-refractivity contribution in [1.82, 2.24) is 15.3 Å². The highest BCUT2D eigenvalue weighted by molar-refractivity contribution is 5.39. The van der Waals surface area contributed by atoms with Crippen LogP contribution < -0.4 is 10.2 Å². The van der Waals surface area contributed by atoms with Crippen LogP contribution in [0.15, 0.2) is 42.7 Å². The van der Waals surface area contributed by atoms with Gasteiger partial charge in [-0.05, 0) is 37.7 Å². The van der Waals surface area contributed by atoms with Crippen molar-refractivity contribution in [2.24, 2.45) is 0 Å². The lowest BCUT2D eigenvalue weighted by atomic mass is 10.2. The highest BCUT2D eigenvalue weighted by Gasteiger charge is 2.07. The van der Waals surface area contributed by atoms with Gasteiger partial charge in [0, 0.05) is 25.5 Å². The molecule has 0 aliphatic rings. The van der Waals surface area contributed by atoms with Gasteiger partial charge in [-0.25, -0.2) is 4.98 Å². The smallest absolute Gasteiger partial charge is 0.128 e. The molecule has 0 atom stereocenters. The molecule has 2 heterocycles. The summed E-state index contributed by atoms with van der Waals surface area (Å²) in [4.78, 5) is 11.1. The van der Waals surface area contributed by atoms with Gasteiger partial charge in [-0.15, -0.1) is 0 Å². The second kappa shape index (κ2) is 6.85. The van der Waals surface area contributed by atoms with Gasteiger partial charge in [-0.3, -0.25) is 4.98 Å². The first-order valence-electron chi connectivity index (χ1n) is 6.58. The molecule has 0 saturated heterocycles. The number of pyridine rings is 2. The van der Waals surface area contributed by atoms with E-state index in [1.807, 2.05) is 37.6 Å². The first-order chi connectivity index (χ1) is 9.33. The van der Waals surface area contributed by atoms with E-state index in [-0.39, 0.29) is 0 Å². The van der Waals surface area contributed by atoms with E-state index in [0.717, 1.165) is 31.1 Å². The van der Waals surface area contributed by atoms with E-state index in [9.17, 15) is 0 Å². The van der Waals surface area contributed by atoms with Crippen LogP contribution in [-0.4, -0.2) is 23.6 Å². The molecule has 0 bridgehead atoms. The predicted molar refractivity (Wildman–Crippen MR) is 78.0 cm³/mol. The van der Waals surface area contributed by atoms with E-state index in [1.165, 1.54) is 5.56 Å². The predicted octanol–water partition coefficient (Wildman–Crippen LogP) is 2.22. The van der Waals surface area contributed by atoms with Crippen molar-refractivity contribution in [2.45, 2.75) is 20.0 Å². The number of anilines is 1. The Bertz CT molecular complexity index is 481. The summed E-state index contributed by atoms with van der Waals surface area (Å²) in [7, 11) is 1.94. The minimum atomic E-state index is 0.787. The first kappa shape index (κ1) is 13.5. The molecule has 0 unspecified atom stereocenters. The van der Waals surface area contributed by atoms with Crippen molar-refractivity contribution in [3.8, 4) is 0 Å². The zero-order valence-corrected chi connectivity index (χ0v) is 11.5. The van der Waals surface area contributed by atoms with Gasteiger partial charge in [-0.2, -0.15) is 0 Å². The van der Waals surface area contributed by atoms with Crippen molar-refractivity contribution in [3.05, 3.63) is 54.0 Å². The summed E-state index contributed by atoms with van der Waals surface area (Å²) in [6, 6.07) is 10.2. The van der Waals surface area contributed by atoms with E-state index < -0.39 is 0 Å². The molecule has 19 heavy (non-hydrogen) atoms. The minimum absolute atomic E-state index is 0.787. The summed E-state index contributed by atoms with van der Waals surface area (Å²) in [5.74, 6) is 0.994. The monoisotopic (exact) mass is 256 g/mol. The third-order valence-corrected chi connectivity index (χ3v) is 2.97. The van der Waals surface area contributed by atoms with Gasteiger partial charge >= 0.3 is 0 Å². The number of hydrogen-bond donors (Lipinski definition) is 1. The number of nitrogens with zero attached hydrogens (tertiary/aromatic N) is 3. The molecule has 100 valence electrons. The second-order valence-electron chi connectivity index (χ2n) is 4.39. The molecule has 0 spiro atoms. The summed E-state index contributed by atoms with van der Waals surface area (Å²) in [6.07, 6.45) is 3.75. The average Bonchev–Trinajstić information content (AvgIpc) is 2.47. The Morgan fingerprint density at radius 1 is 1.16 bits per heavy atom. The van der Waals surface area contributed by atoms with E-state index >= 15 is 0 Å². The molecule has 0 aliphatic heterocycles. The first-order valence-corrected chi connectivity index (χ1v) is 6.58. The Hall–Kier alpha value is -1.94. The third-order valence-electron chi connectivity index (χ3n) is 2.97. The van der Waals surface area contributed by atoms with Crippen molar-refractivity contribution in [2.75, 3.05) is 18.5 Å². The van der Waals surface area contributed by atoms with Crippen molar-refractivity contribution in [3.63, 3.8) is 0 Å². The summed E-state index contributed by atoms with van der Waals surface area (Å²) in [5, 5.41) is 3.12. The van der Waals surface area contributed by atoms with E-state index in [2.05, 4.69) is 39.2 Å². The van der Waals surface area contributed by atoms with Gasteiger partial charge < -0.3 is 10.2 Å². The lowest BCUT2D eigenvalue weighted by molar-refractivity contribution is 0.784.